The van der Waals surface area contributed by atoms with Crippen molar-refractivity contribution in [2.24, 2.45) is 0 Å². The van der Waals surface area contributed by atoms with Gasteiger partial charge in [0.1, 0.15) is 11.3 Å². The van der Waals surface area contributed by atoms with Crippen LogP contribution in [0.3, 0.4) is 0 Å². The molecule has 1 N–H and O–H groups in total. The van der Waals surface area contributed by atoms with Crippen molar-refractivity contribution in [3.8, 4) is 11.8 Å². The zero-order valence-corrected chi connectivity index (χ0v) is 8.20. The number of phenols is 1. The largest absolute Gasteiger partial charge is 0.506 e. The van der Waals surface area contributed by atoms with Crippen LogP contribution >= 0.6 is 0 Å². The molecule has 1 aromatic rings. The lowest BCUT2D eigenvalue weighted by molar-refractivity contribution is 0.0596. The summed E-state index contributed by atoms with van der Waals surface area (Å²) in [6.07, 6.45) is -3.04. The fourth-order valence-corrected chi connectivity index (χ4v) is 1.20. The van der Waals surface area contributed by atoms with Crippen molar-refractivity contribution < 1.29 is 23.4 Å². The third-order valence-electron chi connectivity index (χ3n) is 1.96. The highest BCUT2D eigenvalue weighted by atomic mass is 19.3. The molecule has 6 heteroatoms. The number of nitrogens with zero attached hydrogens (tertiary/aromatic N) is 1. The molecule has 16 heavy (non-hydrogen) atoms. The van der Waals surface area contributed by atoms with Crippen LogP contribution in [0.2, 0.25) is 0 Å². The Bertz CT molecular complexity index is 466. The number of aromatic hydroxyl groups is 1. The van der Waals surface area contributed by atoms with Gasteiger partial charge in [-0.15, -0.1) is 0 Å². The number of nitriles is 1. The van der Waals surface area contributed by atoms with Gasteiger partial charge in [-0.05, 0) is 12.1 Å². The van der Waals surface area contributed by atoms with Crippen LogP contribution in [0.4, 0.5) is 8.78 Å². The predicted molar refractivity (Wildman–Crippen MR) is 49.1 cm³/mol. The Morgan fingerprint density at radius 1 is 1.56 bits per heavy atom. The van der Waals surface area contributed by atoms with E-state index < -0.39 is 29.3 Å². The maximum Gasteiger partial charge on any atom is 0.341 e. The van der Waals surface area contributed by atoms with Gasteiger partial charge in [0.2, 0.25) is 0 Å². The number of hydrogen-bond acceptors (Lipinski definition) is 4. The molecule has 0 unspecified atom stereocenters. The van der Waals surface area contributed by atoms with Crippen molar-refractivity contribution >= 4 is 5.97 Å². The van der Waals surface area contributed by atoms with E-state index in [1.807, 2.05) is 0 Å². The summed E-state index contributed by atoms with van der Waals surface area (Å²) >= 11 is 0. The normalized spacial score (nSPS) is 9.94. The van der Waals surface area contributed by atoms with Crippen LogP contribution < -0.4 is 0 Å². The van der Waals surface area contributed by atoms with Gasteiger partial charge in [0.15, 0.2) is 0 Å². The van der Waals surface area contributed by atoms with E-state index in [9.17, 15) is 18.7 Å². The van der Waals surface area contributed by atoms with Gasteiger partial charge >= 0.3 is 5.97 Å². The first-order valence-corrected chi connectivity index (χ1v) is 4.15. The highest BCUT2D eigenvalue weighted by molar-refractivity contribution is 5.93. The van der Waals surface area contributed by atoms with Gasteiger partial charge in [-0.2, -0.15) is 5.26 Å². The van der Waals surface area contributed by atoms with Gasteiger partial charge < -0.3 is 9.84 Å². The highest BCUT2D eigenvalue weighted by Crippen LogP contribution is 2.34. The second kappa shape index (κ2) is 4.57. The van der Waals surface area contributed by atoms with Gasteiger partial charge in [-0.3, -0.25) is 0 Å². The number of phenolic OH excluding ortho intramolecular Hbond substituents is 1. The number of halogens is 2. The molecule has 1 rings (SSSR count). The standard InChI is InChI=1S/C10H7F2NO3/c1-16-10(15)6-3-2-5(4-13)7(8(6)14)9(11)12/h2-3,9,14H,1H3. The number of carbonyl (C=O) groups excluding carboxylic acids is 1. The molecule has 0 spiro atoms. The summed E-state index contributed by atoms with van der Waals surface area (Å²) in [5, 5.41) is 18.0. The van der Waals surface area contributed by atoms with Crippen molar-refractivity contribution in [1.29, 1.82) is 5.26 Å². The maximum atomic E-state index is 12.6. The molecule has 0 atom stereocenters. The van der Waals surface area contributed by atoms with Crippen LogP contribution in [0.15, 0.2) is 12.1 Å². The molecule has 0 heterocycles. The molecular formula is C10H7F2NO3. The number of carbonyl (C=O) groups is 1. The maximum absolute atomic E-state index is 12.6. The molecule has 0 bridgehead atoms. The molecule has 0 amide bonds. The zero-order chi connectivity index (χ0) is 12.3. The molecule has 0 fully saturated rings. The average molecular weight is 227 g/mol. The van der Waals surface area contributed by atoms with Crippen LogP contribution in [0, 0.1) is 11.3 Å². The molecule has 0 aliphatic rings. The Kier molecular flexibility index (Phi) is 3.40. The van der Waals surface area contributed by atoms with Crippen molar-refractivity contribution in [3.05, 3.63) is 28.8 Å². The summed E-state index contributed by atoms with van der Waals surface area (Å²) in [5.74, 6) is -1.86. The lowest BCUT2D eigenvalue weighted by atomic mass is 10.0. The fourth-order valence-electron chi connectivity index (χ4n) is 1.20. The summed E-state index contributed by atoms with van der Waals surface area (Å²) in [7, 11) is 1.06. The summed E-state index contributed by atoms with van der Waals surface area (Å²) in [6.45, 7) is 0. The third-order valence-corrected chi connectivity index (χ3v) is 1.96. The monoisotopic (exact) mass is 227 g/mol. The Balaban J connectivity index is 3.45. The Morgan fingerprint density at radius 3 is 2.62 bits per heavy atom. The molecule has 0 aromatic heterocycles. The summed E-state index contributed by atoms with van der Waals surface area (Å²) in [5.41, 5.74) is -1.62. The Morgan fingerprint density at radius 2 is 2.19 bits per heavy atom. The van der Waals surface area contributed by atoms with Gasteiger partial charge in [0, 0.05) is 0 Å². The van der Waals surface area contributed by atoms with E-state index in [0.717, 1.165) is 19.2 Å². The number of benzene rings is 1. The number of methoxy groups -OCH3 is 1. The number of ether oxygens (including phenoxy) is 1. The fraction of sp³-hybridized carbons (Fsp3) is 0.200. The second-order valence-electron chi connectivity index (χ2n) is 2.83. The first-order valence-electron chi connectivity index (χ1n) is 4.15. The van der Waals surface area contributed by atoms with Crippen molar-refractivity contribution in [2.75, 3.05) is 7.11 Å². The first kappa shape index (κ1) is 11.9. The zero-order valence-electron chi connectivity index (χ0n) is 8.20. The van der Waals surface area contributed by atoms with Crippen LogP contribution in [-0.2, 0) is 4.74 Å². The summed E-state index contributed by atoms with van der Waals surface area (Å²) in [6, 6.07) is 3.61. The molecule has 0 saturated heterocycles. The van der Waals surface area contributed by atoms with E-state index in [1.165, 1.54) is 6.07 Å². The average Bonchev–Trinajstić information content (AvgIpc) is 2.26. The summed E-state index contributed by atoms with van der Waals surface area (Å²) in [4.78, 5) is 11.1. The first-order chi connectivity index (χ1) is 7.52. The smallest absolute Gasteiger partial charge is 0.341 e. The summed E-state index contributed by atoms with van der Waals surface area (Å²) < 4.78 is 29.4. The molecule has 0 radical (unpaired) electrons. The quantitative estimate of drug-likeness (QED) is 0.784. The van der Waals surface area contributed by atoms with Crippen LogP contribution in [0.5, 0.6) is 5.75 Å². The van der Waals surface area contributed by atoms with Crippen molar-refractivity contribution in [2.45, 2.75) is 6.43 Å². The second-order valence-corrected chi connectivity index (χ2v) is 2.83. The van der Waals surface area contributed by atoms with Crippen LogP contribution in [0.25, 0.3) is 0 Å². The van der Waals surface area contributed by atoms with E-state index in [1.54, 1.807) is 0 Å². The van der Waals surface area contributed by atoms with Crippen LogP contribution in [-0.4, -0.2) is 18.2 Å². The van der Waals surface area contributed by atoms with E-state index in [0.29, 0.717) is 0 Å². The van der Waals surface area contributed by atoms with Gasteiger partial charge in [0.25, 0.3) is 6.43 Å². The van der Waals surface area contributed by atoms with E-state index in [2.05, 4.69) is 4.74 Å². The minimum absolute atomic E-state index is 0.375. The molecule has 0 aliphatic carbocycles. The molecule has 84 valence electrons. The molecule has 4 nitrogen and oxygen atoms in total. The third kappa shape index (κ3) is 1.93. The topological polar surface area (TPSA) is 70.3 Å². The molecular weight excluding hydrogens is 220 g/mol. The molecule has 0 aliphatic heterocycles. The SMILES string of the molecule is COC(=O)c1ccc(C#N)c(C(F)F)c1O. The Labute approximate surface area is 89.7 Å². The lowest BCUT2D eigenvalue weighted by Crippen LogP contribution is -2.04. The van der Waals surface area contributed by atoms with Gasteiger partial charge in [-0.1, -0.05) is 0 Å². The lowest BCUT2D eigenvalue weighted by Gasteiger charge is -2.09. The number of rotatable bonds is 2. The van der Waals surface area contributed by atoms with E-state index in [-0.39, 0.29) is 5.56 Å². The van der Waals surface area contributed by atoms with Crippen LogP contribution in [0.1, 0.15) is 27.9 Å². The van der Waals surface area contributed by atoms with E-state index >= 15 is 0 Å². The van der Waals surface area contributed by atoms with E-state index in [4.69, 9.17) is 5.26 Å². The predicted octanol–water partition coefficient (Wildman–Crippen LogP) is 1.99. The highest BCUT2D eigenvalue weighted by Gasteiger charge is 2.23. The Hall–Kier alpha value is -2.16. The molecule has 1 aromatic carbocycles. The van der Waals surface area contributed by atoms with Gasteiger partial charge in [-0.25, -0.2) is 13.6 Å². The van der Waals surface area contributed by atoms with Crippen molar-refractivity contribution in [1.82, 2.24) is 0 Å². The number of hydrogen-bond donors (Lipinski definition) is 1. The minimum atomic E-state index is -3.04. The van der Waals surface area contributed by atoms with Gasteiger partial charge in [0.05, 0.1) is 24.3 Å². The molecule has 0 saturated carbocycles. The van der Waals surface area contributed by atoms with Crippen molar-refractivity contribution in [3.63, 3.8) is 0 Å². The number of alkyl halides is 2. The number of esters is 1. The minimum Gasteiger partial charge on any atom is -0.506 e.